The van der Waals surface area contributed by atoms with Crippen LogP contribution in [0.3, 0.4) is 0 Å². The van der Waals surface area contributed by atoms with Crippen molar-refractivity contribution in [3.8, 4) is 34.6 Å². The molecule has 0 nitrogen and oxygen atoms in total. The Kier molecular flexibility index (Phi) is 4.72. The molecular formula is C28H16Cl2. The van der Waals surface area contributed by atoms with Gasteiger partial charge in [0.2, 0.25) is 0 Å². The summed E-state index contributed by atoms with van der Waals surface area (Å²) in [6.45, 7) is 0. The van der Waals surface area contributed by atoms with Crippen molar-refractivity contribution in [3.05, 3.63) is 107 Å². The van der Waals surface area contributed by atoms with Gasteiger partial charge < -0.3 is 0 Å². The van der Waals surface area contributed by atoms with Gasteiger partial charge in [0.15, 0.2) is 0 Å². The van der Waals surface area contributed by atoms with Crippen LogP contribution in [0, 0.1) is 12.3 Å². The molecule has 0 radical (unpaired) electrons. The van der Waals surface area contributed by atoms with Gasteiger partial charge in [0.1, 0.15) is 0 Å². The van der Waals surface area contributed by atoms with E-state index >= 15 is 0 Å². The van der Waals surface area contributed by atoms with Crippen LogP contribution >= 0.6 is 23.2 Å². The molecule has 0 saturated heterocycles. The number of fused-ring (bicyclic) bond motifs is 2. The summed E-state index contributed by atoms with van der Waals surface area (Å²) in [6, 6.07) is 30.6. The maximum absolute atomic E-state index is 6.92. The van der Waals surface area contributed by atoms with Crippen LogP contribution in [0.2, 0.25) is 10.0 Å². The van der Waals surface area contributed by atoms with Gasteiger partial charge in [0, 0.05) is 21.4 Å². The van der Waals surface area contributed by atoms with Crippen molar-refractivity contribution in [1.29, 1.82) is 0 Å². The van der Waals surface area contributed by atoms with Crippen molar-refractivity contribution in [1.82, 2.24) is 0 Å². The second-order valence-corrected chi connectivity index (χ2v) is 7.96. The molecule has 30 heavy (non-hydrogen) atoms. The van der Waals surface area contributed by atoms with Crippen molar-refractivity contribution in [3.63, 3.8) is 0 Å². The first kappa shape index (κ1) is 18.8. The Bertz CT molecular complexity index is 1440. The zero-order chi connectivity index (χ0) is 20.7. The average Bonchev–Trinajstić information content (AvgIpc) is 2.79. The molecule has 2 heteroatoms. The summed E-state index contributed by atoms with van der Waals surface area (Å²) in [4.78, 5) is 0. The number of terminal acetylenes is 1. The number of halogens is 2. The van der Waals surface area contributed by atoms with E-state index in [0.717, 1.165) is 43.8 Å². The van der Waals surface area contributed by atoms with Gasteiger partial charge >= 0.3 is 0 Å². The Balaban J connectivity index is 2.05. The van der Waals surface area contributed by atoms with E-state index < -0.39 is 0 Å². The third kappa shape index (κ3) is 2.96. The van der Waals surface area contributed by atoms with Crippen LogP contribution < -0.4 is 0 Å². The summed E-state index contributed by atoms with van der Waals surface area (Å²) in [5.41, 5.74) is 4.88. The Morgan fingerprint density at radius 2 is 1.23 bits per heavy atom. The summed E-state index contributed by atoms with van der Waals surface area (Å²) < 4.78 is 0. The number of rotatable bonds is 2. The van der Waals surface area contributed by atoms with E-state index in [1.165, 1.54) is 0 Å². The zero-order valence-electron chi connectivity index (χ0n) is 16.0. The molecule has 0 unspecified atom stereocenters. The first-order chi connectivity index (χ1) is 14.7. The van der Waals surface area contributed by atoms with Gasteiger partial charge in [-0.15, -0.1) is 6.42 Å². The quantitative estimate of drug-likeness (QED) is 0.197. The molecule has 5 aromatic carbocycles. The molecule has 0 atom stereocenters. The second-order valence-electron chi connectivity index (χ2n) is 7.17. The molecule has 0 amide bonds. The van der Waals surface area contributed by atoms with Crippen LogP contribution in [0.15, 0.2) is 91.0 Å². The maximum atomic E-state index is 6.92. The Hall–Kier alpha value is -3.24. The molecular weight excluding hydrogens is 407 g/mol. The van der Waals surface area contributed by atoms with Crippen LogP contribution in [0.1, 0.15) is 5.56 Å². The Morgan fingerprint density at radius 3 is 1.87 bits per heavy atom. The molecule has 5 rings (SSSR count). The van der Waals surface area contributed by atoms with Gasteiger partial charge in [-0.05, 0) is 45.7 Å². The molecule has 0 N–H and O–H groups in total. The highest BCUT2D eigenvalue weighted by Gasteiger charge is 2.20. The molecule has 0 aliphatic rings. The third-order valence-corrected chi connectivity index (χ3v) is 6.18. The third-order valence-electron chi connectivity index (χ3n) is 5.46. The summed E-state index contributed by atoms with van der Waals surface area (Å²) in [7, 11) is 0. The fourth-order valence-corrected chi connectivity index (χ4v) is 4.66. The van der Waals surface area contributed by atoms with Crippen LogP contribution in [0.4, 0.5) is 0 Å². The highest BCUT2D eigenvalue weighted by molar-refractivity contribution is 6.40. The van der Waals surface area contributed by atoms with Crippen LogP contribution in [-0.2, 0) is 0 Å². The van der Waals surface area contributed by atoms with E-state index in [1.807, 2.05) is 48.5 Å². The molecule has 5 aromatic rings. The summed E-state index contributed by atoms with van der Waals surface area (Å²) >= 11 is 13.4. The van der Waals surface area contributed by atoms with E-state index in [9.17, 15) is 0 Å². The Morgan fingerprint density at radius 1 is 0.600 bits per heavy atom. The van der Waals surface area contributed by atoms with Crippen LogP contribution in [0.5, 0.6) is 0 Å². The largest absolute Gasteiger partial charge is 0.115 e. The smallest absolute Gasteiger partial charge is 0.0647 e. The number of hydrogen-bond donors (Lipinski definition) is 0. The molecule has 0 bridgehead atoms. The lowest BCUT2D eigenvalue weighted by Crippen LogP contribution is -1.95. The molecule has 0 aromatic heterocycles. The highest BCUT2D eigenvalue weighted by atomic mass is 35.5. The van der Waals surface area contributed by atoms with Crippen LogP contribution in [-0.4, -0.2) is 0 Å². The first-order valence-corrected chi connectivity index (χ1v) is 10.4. The minimum atomic E-state index is 0.577. The standard InChI is InChI=1S/C28H16Cl2/c1-2-21-26(18-10-5-3-6-11-18)27(19-12-7-4-8-13-19)23-16-20-14-9-15-25(29)22(20)17-24(23)28(21)30/h1,3-17H. The molecule has 142 valence electrons. The molecule has 0 fully saturated rings. The monoisotopic (exact) mass is 422 g/mol. The average molecular weight is 423 g/mol. The highest BCUT2D eigenvalue weighted by Crippen LogP contribution is 2.46. The van der Waals surface area contributed by atoms with Gasteiger partial charge in [-0.25, -0.2) is 0 Å². The molecule has 0 spiro atoms. The number of hydrogen-bond acceptors (Lipinski definition) is 0. The summed E-state index contributed by atoms with van der Waals surface area (Å²) in [5.74, 6) is 2.86. The van der Waals surface area contributed by atoms with Gasteiger partial charge in [-0.1, -0.05) is 102 Å². The van der Waals surface area contributed by atoms with Gasteiger partial charge in [-0.2, -0.15) is 0 Å². The van der Waals surface area contributed by atoms with E-state index in [-0.39, 0.29) is 0 Å². The van der Waals surface area contributed by atoms with E-state index in [2.05, 4.69) is 48.4 Å². The lowest BCUT2D eigenvalue weighted by Gasteiger charge is -2.19. The van der Waals surface area contributed by atoms with Crippen molar-refractivity contribution in [2.75, 3.05) is 0 Å². The predicted octanol–water partition coefficient (Wildman–Crippen LogP) is 8.62. The molecule has 0 heterocycles. The van der Waals surface area contributed by atoms with Crippen molar-refractivity contribution in [2.24, 2.45) is 0 Å². The fourth-order valence-electron chi connectivity index (χ4n) is 4.11. The van der Waals surface area contributed by atoms with E-state index in [0.29, 0.717) is 15.6 Å². The van der Waals surface area contributed by atoms with Crippen molar-refractivity contribution in [2.45, 2.75) is 0 Å². The Labute approximate surface area is 185 Å². The first-order valence-electron chi connectivity index (χ1n) is 9.64. The minimum Gasteiger partial charge on any atom is -0.115 e. The molecule has 0 aliphatic heterocycles. The SMILES string of the molecule is C#Cc1c(-c2ccccc2)c(-c2ccccc2)c2cc3cccc(Cl)c3cc2c1Cl. The van der Waals surface area contributed by atoms with Crippen LogP contribution in [0.25, 0.3) is 43.8 Å². The second kappa shape index (κ2) is 7.54. The van der Waals surface area contributed by atoms with E-state index in [1.54, 1.807) is 0 Å². The topological polar surface area (TPSA) is 0 Å². The maximum Gasteiger partial charge on any atom is 0.0647 e. The lowest BCUT2D eigenvalue weighted by atomic mass is 9.85. The zero-order valence-corrected chi connectivity index (χ0v) is 17.5. The van der Waals surface area contributed by atoms with Gasteiger partial charge in [0.05, 0.1) is 10.6 Å². The van der Waals surface area contributed by atoms with E-state index in [4.69, 9.17) is 29.6 Å². The lowest BCUT2D eigenvalue weighted by molar-refractivity contribution is 1.59. The fraction of sp³-hybridized carbons (Fsp3) is 0. The predicted molar refractivity (Wildman–Crippen MR) is 130 cm³/mol. The normalized spacial score (nSPS) is 11.0. The summed E-state index contributed by atoms with van der Waals surface area (Å²) in [5, 5.41) is 5.26. The van der Waals surface area contributed by atoms with Crippen molar-refractivity contribution < 1.29 is 0 Å². The molecule has 0 saturated carbocycles. The van der Waals surface area contributed by atoms with Gasteiger partial charge in [-0.3, -0.25) is 0 Å². The van der Waals surface area contributed by atoms with Crippen molar-refractivity contribution >= 4 is 44.7 Å². The minimum absolute atomic E-state index is 0.577. The number of benzene rings is 5. The summed E-state index contributed by atoms with van der Waals surface area (Å²) in [6.07, 6.45) is 6.01. The van der Waals surface area contributed by atoms with Gasteiger partial charge in [0.25, 0.3) is 0 Å². The molecule has 0 aliphatic carbocycles.